The van der Waals surface area contributed by atoms with E-state index in [1.54, 1.807) is 39.2 Å². The van der Waals surface area contributed by atoms with Gasteiger partial charge < -0.3 is 14.4 Å². The minimum absolute atomic E-state index is 0.0932. The minimum atomic E-state index is -0.323. The molecule has 1 amide bonds. The van der Waals surface area contributed by atoms with Crippen LogP contribution in [0.3, 0.4) is 0 Å². The summed E-state index contributed by atoms with van der Waals surface area (Å²) in [5.41, 5.74) is 2.07. The number of nitriles is 1. The molecule has 0 aliphatic carbocycles. The van der Waals surface area contributed by atoms with Crippen LogP contribution in [0.5, 0.6) is 11.5 Å². The number of benzene rings is 1. The first-order valence-corrected chi connectivity index (χ1v) is 12.9. The van der Waals surface area contributed by atoms with Crippen molar-refractivity contribution in [2.24, 2.45) is 7.05 Å². The van der Waals surface area contributed by atoms with Gasteiger partial charge in [-0.25, -0.2) is 0 Å². The summed E-state index contributed by atoms with van der Waals surface area (Å²) in [6.07, 6.45) is 4.45. The maximum absolute atomic E-state index is 13.4. The number of anilines is 1. The molecular weight excluding hydrogens is 496 g/mol. The summed E-state index contributed by atoms with van der Waals surface area (Å²) in [6, 6.07) is 7.72. The fraction of sp³-hybridized carbons (Fsp3) is 0.385. The standard InChI is InChI=1S/C26H28N4O4S2/c1-16-18(23(29-10-5-6-11-29)28(2)24(31)19(16)15-27)14-22-25(32)30(26(35)36-22)12-9-17-7-8-20(33-3)21(13-17)34-4/h7-8,13-14H,5-6,9-12H2,1-4H3/b22-14+. The lowest BCUT2D eigenvalue weighted by molar-refractivity contribution is -0.122. The van der Waals surface area contributed by atoms with E-state index in [9.17, 15) is 14.9 Å². The third-order valence-electron chi connectivity index (χ3n) is 6.59. The number of rotatable bonds is 7. The Balaban J connectivity index is 1.64. The van der Waals surface area contributed by atoms with Crippen molar-refractivity contribution in [3.8, 4) is 17.6 Å². The number of methoxy groups -OCH3 is 2. The number of carbonyl (C=O) groups is 1. The molecule has 1 aromatic carbocycles. The Morgan fingerprint density at radius 3 is 2.50 bits per heavy atom. The number of thioether (sulfide) groups is 1. The Morgan fingerprint density at radius 1 is 1.17 bits per heavy atom. The zero-order valence-electron chi connectivity index (χ0n) is 20.8. The molecule has 10 heteroatoms. The van der Waals surface area contributed by atoms with Crippen LogP contribution in [0.15, 0.2) is 27.9 Å². The number of amides is 1. The van der Waals surface area contributed by atoms with Gasteiger partial charge in [0.25, 0.3) is 11.5 Å². The van der Waals surface area contributed by atoms with E-state index in [1.165, 1.54) is 16.3 Å². The number of thiocarbonyl (C=S) groups is 1. The smallest absolute Gasteiger partial charge is 0.270 e. The molecule has 188 valence electrons. The van der Waals surface area contributed by atoms with E-state index in [1.807, 2.05) is 24.3 Å². The van der Waals surface area contributed by atoms with E-state index in [2.05, 4.69) is 4.90 Å². The normalized spacial score (nSPS) is 16.7. The first-order chi connectivity index (χ1) is 17.3. The van der Waals surface area contributed by atoms with Crippen molar-refractivity contribution in [1.29, 1.82) is 5.26 Å². The Hall–Kier alpha value is -3.29. The third kappa shape index (κ3) is 4.73. The van der Waals surface area contributed by atoms with Gasteiger partial charge in [-0.1, -0.05) is 30.0 Å². The molecular formula is C26H28N4O4S2. The van der Waals surface area contributed by atoms with Crippen LogP contribution in [0.2, 0.25) is 0 Å². The maximum Gasteiger partial charge on any atom is 0.270 e. The highest BCUT2D eigenvalue weighted by atomic mass is 32.2. The van der Waals surface area contributed by atoms with Gasteiger partial charge in [0.05, 0.1) is 19.1 Å². The second-order valence-electron chi connectivity index (χ2n) is 8.68. The molecule has 0 spiro atoms. The zero-order chi connectivity index (χ0) is 26.0. The summed E-state index contributed by atoms with van der Waals surface area (Å²) in [7, 11) is 4.86. The van der Waals surface area contributed by atoms with Crippen LogP contribution >= 0.6 is 24.0 Å². The van der Waals surface area contributed by atoms with E-state index in [-0.39, 0.29) is 17.0 Å². The number of pyridine rings is 1. The molecule has 0 bridgehead atoms. The van der Waals surface area contributed by atoms with Crippen molar-refractivity contribution in [3.63, 3.8) is 0 Å². The maximum atomic E-state index is 13.4. The third-order valence-corrected chi connectivity index (χ3v) is 7.97. The first-order valence-electron chi connectivity index (χ1n) is 11.7. The summed E-state index contributed by atoms with van der Waals surface area (Å²) in [5.74, 6) is 1.84. The molecule has 0 N–H and O–H groups in total. The van der Waals surface area contributed by atoms with Gasteiger partial charge in [-0.3, -0.25) is 19.1 Å². The fourth-order valence-electron chi connectivity index (χ4n) is 4.62. The molecule has 0 atom stereocenters. The quantitative estimate of drug-likeness (QED) is 0.401. The molecule has 4 rings (SSSR count). The number of hydrogen-bond donors (Lipinski definition) is 0. The molecule has 2 aliphatic rings. The summed E-state index contributed by atoms with van der Waals surface area (Å²) in [4.78, 5) is 30.4. The van der Waals surface area contributed by atoms with E-state index in [4.69, 9.17) is 21.7 Å². The van der Waals surface area contributed by atoms with Crippen molar-refractivity contribution >= 4 is 46.1 Å². The van der Waals surface area contributed by atoms with Crippen molar-refractivity contribution < 1.29 is 14.3 Å². The van der Waals surface area contributed by atoms with Crippen LogP contribution in [0.4, 0.5) is 5.82 Å². The second kappa shape index (κ2) is 10.8. The number of aromatic nitrogens is 1. The van der Waals surface area contributed by atoms with Crippen molar-refractivity contribution in [1.82, 2.24) is 9.47 Å². The highest BCUT2D eigenvalue weighted by molar-refractivity contribution is 8.26. The van der Waals surface area contributed by atoms with E-state index < -0.39 is 0 Å². The largest absolute Gasteiger partial charge is 0.493 e. The average molecular weight is 525 g/mol. The van der Waals surface area contributed by atoms with E-state index in [0.717, 1.165) is 42.9 Å². The molecule has 1 aromatic heterocycles. The minimum Gasteiger partial charge on any atom is -0.493 e. The number of nitrogens with zero attached hydrogens (tertiary/aromatic N) is 4. The Morgan fingerprint density at radius 2 is 1.86 bits per heavy atom. The average Bonchev–Trinajstić information content (AvgIpc) is 3.49. The van der Waals surface area contributed by atoms with Crippen molar-refractivity contribution in [3.05, 3.63) is 55.7 Å². The van der Waals surface area contributed by atoms with Crippen LogP contribution in [0.1, 0.15) is 35.1 Å². The number of carbonyl (C=O) groups excluding carboxylic acids is 1. The molecule has 36 heavy (non-hydrogen) atoms. The topological polar surface area (TPSA) is 87.8 Å². The van der Waals surface area contributed by atoms with Gasteiger partial charge in [0.2, 0.25) is 0 Å². The predicted octanol–water partition coefficient (Wildman–Crippen LogP) is 3.63. The first kappa shape index (κ1) is 25.8. The Labute approximate surface area is 220 Å². The Bertz CT molecular complexity index is 1350. The van der Waals surface area contributed by atoms with E-state index >= 15 is 0 Å². The molecule has 2 saturated heterocycles. The lowest BCUT2D eigenvalue weighted by Crippen LogP contribution is -2.31. The monoisotopic (exact) mass is 524 g/mol. The van der Waals surface area contributed by atoms with Crippen LogP contribution in [0, 0.1) is 18.3 Å². The molecule has 2 aliphatic heterocycles. The van der Waals surface area contributed by atoms with Crippen LogP contribution in [-0.4, -0.2) is 53.5 Å². The SMILES string of the molecule is COc1ccc(CCN2C(=O)/C(=C\c3c(C)c(C#N)c(=O)n(C)c3N3CCCC3)SC2=S)cc1OC. The number of hydrogen-bond acceptors (Lipinski definition) is 8. The second-order valence-corrected chi connectivity index (χ2v) is 10.4. The molecule has 2 aromatic rings. The van der Waals surface area contributed by atoms with E-state index in [0.29, 0.717) is 39.3 Å². The van der Waals surface area contributed by atoms with Crippen LogP contribution < -0.4 is 19.9 Å². The molecule has 0 unspecified atom stereocenters. The lowest BCUT2D eigenvalue weighted by Gasteiger charge is -2.25. The fourth-order valence-corrected chi connectivity index (χ4v) is 5.91. The van der Waals surface area contributed by atoms with Gasteiger partial charge in [-0.2, -0.15) is 5.26 Å². The van der Waals surface area contributed by atoms with Crippen molar-refractivity contribution in [2.45, 2.75) is 26.2 Å². The van der Waals surface area contributed by atoms with Gasteiger partial charge in [0.15, 0.2) is 11.5 Å². The summed E-state index contributed by atoms with van der Waals surface area (Å²) in [6.45, 7) is 3.84. The lowest BCUT2D eigenvalue weighted by atomic mass is 10.0. The molecule has 2 fully saturated rings. The van der Waals surface area contributed by atoms with Gasteiger partial charge in [-0.15, -0.1) is 0 Å². The van der Waals surface area contributed by atoms with Gasteiger partial charge >= 0.3 is 0 Å². The summed E-state index contributed by atoms with van der Waals surface area (Å²) >= 11 is 6.79. The van der Waals surface area contributed by atoms with Gasteiger partial charge in [-0.05, 0) is 55.5 Å². The zero-order valence-corrected chi connectivity index (χ0v) is 22.4. The van der Waals surface area contributed by atoms with Crippen LogP contribution in [0.25, 0.3) is 6.08 Å². The van der Waals surface area contributed by atoms with Crippen molar-refractivity contribution in [2.75, 3.05) is 38.8 Å². The molecule has 0 radical (unpaired) electrons. The summed E-state index contributed by atoms with van der Waals surface area (Å²) in [5, 5.41) is 9.63. The highest BCUT2D eigenvalue weighted by Crippen LogP contribution is 2.36. The molecule has 8 nitrogen and oxygen atoms in total. The van der Waals surface area contributed by atoms with Gasteiger partial charge in [0, 0.05) is 32.2 Å². The number of ether oxygens (including phenoxy) is 2. The molecule has 3 heterocycles. The summed E-state index contributed by atoms with van der Waals surface area (Å²) < 4.78 is 12.7. The molecule has 0 saturated carbocycles. The highest BCUT2D eigenvalue weighted by Gasteiger charge is 2.33. The predicted molar refractivity (Wildman–Crippen MR) is 146 cm³/mol. The Kier molecular flexibility index (Phi) is 7.71. The van der Waals surface area contributed by atoms with Crippen LogP contribution in [-0.2, 0) is 18.3 Å². The van der Waals surface area contributed by atoms with Gasteiger partial charge in [0.1, 0.15) is 21.8 Å².